The van der Waals surface area contributed by atoms with Gasteiger partial charge in [-0.2, -0.15) is 0 Å². The lowest BCUT2D eigenvalue weighted by atomic mass is 9.99. The zero-order chi connectivity index (χ0) is 25.0. The van der Waals surface area contributed by atoms with Gasteiger partial charge in [-0.05, 0) is 38.1 Å². The van der Waals surface area contributed by atoms with E-state index in [0.717, 1.165) is 15.9 Å². The number of hydrogen-bond donors (Lipinski definition) is 2. The lowest BCUT2D eigenvalue weighted by Gasteiger charge is -2.09. The topological polar surface area (TPSA) is 132 Å². The quantitative estimate of drug-likeness (QED) is 0.184. The summed E-state index contributed by atoms with van der Waals surface area (Å²) in [5.41, 5.74) is 0.228. The van der Waals surface area contributed by atoms with E-state index < -0.39 is 28.2 Å². The number of non-ortho nitro benzene ring substituents is 1. The van der Waals surface area contributed by atoms with Crippen LogP contribution in [0.4, 0.5) is 10.1 Å². The third-order valence-corrected chi connectivity index (χ3v) is 6.50. The molecule has 0 radical (unpaired) electrons. The van der Waals surface area contributed by atoms with Crippen molar-refractivity contribution in [3.63, 3.8) is 0 Å². The molecule has 35 heavy (non-hydrogen) atoms. The lowest BCUT2D eigenvalue weighted by molar-refractivity contribution is -0.384. The molecule has 0 amide bonds. The summed E-state index contributed by atoms with van der Waals surface area (Å²) in [6, 6.07) is 10.9. The summed E-state index contributed by atoms with van der Waals surface area (Å²) in [5, 5.41) is 33.4. The second kappa shape index (κ2) is 8.06. The largest absolute Gasteiger partial charge is 0.503 e. The van der Waals surface area contributed by atoms with Gasteiger partial charge in [-0.25, -0.2) is 9.37 Å². The zero-order valence-electron chi connectivity index (χ0n) is 18.3. The van der Waals surface area contributed by atoms with Crippen LogP contribution in [0.25, 0.3) is 26.6 Å². The first-order valence-corrected chi connectivity index (χ1v) is 11.1. The molecular formula is C24H16FN3O6S. The summed E-state index contributed by atoms with van der Waals surface area (Å²) in [5.74, 6) is -1.77. The Morgan fingerprint density at radius 2 is 1.94 bits per heavy atom. The number of ketones is 1. The van der Waals surface area contributed by atoms with E-state index in [0.29, 0.717) is 21.7 Å². The molecule has 176 valence electrons. The molecule has 0 unspecified atom stereocenters. The number of nitrogens with zero attached hydrogens (tertiary/aromatic N) is 3. The Bertz CT molecular complexity index is 1670. The summed E-state index contributed by atoms with van der Waals surface area (Å²) in [6.07, 6.45) is 0. The lowest BCUT2D eigenvalue weighted by Crippen LogP contribution is -2.05. The molecule has 0 aliphatic carbocycles. The van der Waals surface area contributed by atoms with Gasteiger partial charge in [0.15, 0.2) is 10.9 Å². The normalized spacial score (nSPS) is 11.3. The van der Waals surface area contributed by atoms with E-state index in [1.165, 1.54) is 48.5 Å². The second-order valence-electron chi connectivity index (χ2n) is 7.80. The fourth-order valence-electron chi connectivity index (χ4n) is 3.96. The maximum atomic E-state index is 13.8. The van der Waals surface area contributed by atoms with Crippen LogP contribution in [0, 0.1) is 29.8 Å². The van der Waals surface area contributed by atoms with E-state index in [-0.39, 0.29) is 33.2 Å². The number of nitro groups is 1. The number of carbonyl (C=O) groups is 1. The van der Waals surface area contributed by atoms with Crippen molar-refractivity contribution in [2.45, 2.75) is 13.8 Å². The van der Waals surface area contributed by atoms with Crippen molar-refractivity contribution in [2.24, 2.45) is 0 Å². The van der Waals surface area contributed by atoms with Crippen LogP contribution in [0.3, 0.4) is 0 Å². The van der Waals surface area contributed by atoms with E-state index in [4.69, 9.17) is 4.42 Å². The predicted molar refractivity (Wildman–Crippen MR) is 126 cm³/mol. The van der Waals surface area contributed by atoms with Crippen LogP contribution in [-0.2, 0) is 0 Å². The first-order valence-electron chi connectivity index (χ1n) is 10.3. The van der Waals surface area contributed by atoms with Crippen LogP contribution in [0.5, 0.6) is 11.6 Å². The number of nitro benzene ring substituents is 1. The van der Waals surface area contributed by atoms with Crippen molar-refractivity contribution >= 4 is 33.0 Å². The molecule has 0 saturated heterocycles. The number of thiazole rings is 1. The van der Waals surface area contributed by atoms with Gasteiger partial charge < -0.3 is 14.6 Å². The predicted octanol–water partition coefficient (Wildman–Crippen LogP) is 5.65. The molecule has 2 N–H and O–H groups in total. The number of benzene rings is 2. The van der Waals surface area contributed by atoms with Crippen LogP contribution >= 0.6 is 11.3 Å². The van der Waals surface area contributed by atoms with Crippen LogP contribution in [0.1, 0.15) is 27.4 Å². The number of fused-ring (bicyclic) bond motifs is 1. The molecule has 5 rings (SSSR count). The average molecular weight is 493 g/mol. The maximum absolute atomic E-state index is 13.8. The van der Waals surface area contributed by atoms with E-state index in [2.05, 4.69) is 4.98 Å². The Kier molecular flexibility index (Phi) is 5.13. The Labute approximate surface area is 200 Å². The molecule has 0 spiro atoms. The average Bonchev–Trinajstić information content (AvgIpc) is 3.46. The highest BCUT2D eigenvalue weighted by molar-refractivity contribution is 7.20. The number of carbonyl (C=O) groups excluding carboxylic acids is 1. The van der Waals surface area contributed by atoms with Gasteiger partial charge in [0.1, 0.15) is 17.3 Å². The highest BCUT2D eigenvalue weighted by Gasteiger charge is 2.33. The number of halogens is 1. The SMILES string of the molecule is Cc1cc(C(=O)c2c(O)c(O)n(-c3nc4ccc(F)cc4s3)c2-c2cccc([N+](=O)[O-])c2)c(C)o1. The van der Waals surface area contributed by atoms with Crippen LogP contribution in [-0.4, -0.2) is 30.5 Å². The molecule has 0 fully saturated rings. The highest BCUT2D eigenvalue weighted by atomic mass is 32.1. The van der Waals surface area contributed by atoms with E-state index >= 15 is 0 Å². The van der Waals surface area contributed by atoms with E-state index in [9.17, 15) is 29.5 Å². The Hall–Kier alpha value is -4.51. The zero-order valence-corrected chi connectivity index (χ0v) is 19.1. The van der Waals surface area contributed by atoms with Crippen molar-refractivity contribution in [3.05, 3.63) is 87.1 Å². The van der Waals surface area contributed by atoms with Crippen molar-refractivity contribution < 1.29 is 28.7 Å². The molecule has 0 bridgehead atoms. The van der Waals surface area contributed by atoms with Crippen LogP contribution in [0.15, 0.2) is 52.9 Å². The van der Waals surface area contributed by atoms with Crippen molar-refractivity contribution in [2.75, 3.05) is 0 Å². The third-order valence-electron chi connectivity index (χ3n) is 5.49. The number of rotatable bonds is 5. The first-order chi connectivity index (χ1) is 16.7. The third kappa shape index (κ3) is 3.62. The number of aromatic nitrogens is 2. The monoisotopic (exact) mass is 493 g/mol. The van der Waals surface area contributed by atoms with E-state index in [1.807, 2.05) is 0 Å². The van der Waals surface area contributed by atoms with Gasteiger partial charge in [0.2, 0.25) is 11.7 Å². The minimum absolute atomic E-state index is 0.00789. The molecule has 0 aliphatic heterocycles. The van der Waals surface area contributed by atoms with Crippen molar-refractivity contribution in [3.8, 4) is 28.0 Å². The van der Waals surface area contributed by atoms with Gasteiger partial charge in [0, 0.05) is 17.7 Å². The van der Waals surface area contributed by atoms with Gasteiger partial charge >= 0.3 is 0 Å². The van der Waals surface area contributed by atoms with Gasteiger partial charge in [-0.15, -0.1) is 0 Å². The summed E-state index contributed by atoms with van der Waals surface area (Å²) >= 11 is 1.01. The van der Waals surface area contributed by atoms with Gasteiger partial charge in [-0.1, -0.05) is 23.5 Å². The molecule has 2 aromatic carbocycles. The molecule has 5 aromatic rings. The molecule has 0 saturated carbocycles. The number of hydrogen-bond acceptors (Lipinski definition) is 8. The molecule has 0 atom stereocenters. The molecule has 3 heterocycles. The standard InChI is InChI=1S/C24H16FN3O6S/c1-11-8-16(12(2)34-11)21(29)19-20(13-4-3-5-15(9-13)28(32)33)27(23(31)22(19)30)24-26-17-7-6-14(25)10-18(17)35-24/h3-10,30-31H,1-2H3. The fraction of sp³-hybridized carbons (Fsp3) is 0.0833. The summed E-state index contributed by atoms with van der Waals surface area (Å²) < 4.78 is 20.8. The van der Waals surface area contributed by atoms with Crippen LogP contribution < -0.4 is 0 Å². The number of aromatic hydroxyl groups is 2. The Morgan fingerprint density at radius 3 is 2.63 bits per heavy atom. The minimum Gasteiger partial charge on any atom is -0.503 e. The molecular weight excluding hydrogens is 477 g/mol. The first kappa shape index (κ1) is 22.3. The molecule has 0 aliphatic rings. The van der Waals surface area contributed by atoms with Gasteiger partial charge in [0.05, 0.1) is 32.0 Å². The number of aryl methyl sites for hydroxylation is 2. The van der Waals surface area contributed by atoms with Crippen molar-refractivity contribution in [1.29, 1.82) is 0 Å². The van der Waals surface area contributed by atoms with Crippen molar-refractivity contribution in [1.82, 2.24) is 9.55 Å². The maximum Gasteiger partial charge on any atom is 0.270 e. The van der Waals surface area contributed by atoms with Gasteiger partial charge in [-0.3, -0.25) is 19.5 Å². The number of furan rings is 1. The van der Waals surface area contributed by atoms with Gasteiger partial charge in [0.25, 0.3) is 5.69 Å². The Morgan fingerprint density at radius 1 is 1.17 bits per heavy atom. The highest BCUT2D eigenvalue weighted by Crippen LogP contribution is 2.46. The summed E-state index contributed by atoms with van der Waals surface area (Å²) in [7, 11) is 0. The van der Waals surface area contributed by atoms with Crippen LogP contribution in [0.2, 0.25) is 0 Å². The molecule has 9 nitrogen and oxygen atoms in total. The fourth-order valence-corrected chi connectivity index (χ4v) is 4.96. The second-order valence-corrected chi connectivity index (χ2v) is 8.81. The molecule has 3 aromatic heterocycles. The summed E-state index contributed by atoms with van der Waals surface area (Å²) in [4.78, 5) is 28.8. The Balaban J connectivity index is 1.84. The molecule has 11 heteroatoms. The smallest absolute Gasteiger partial charge is 0.270 e. The summed E-state index contributed by atoms with van der Waals surface area (Å²) in [6.45, 7) is 3.25. The van der Waals surface area contributed by atoms with E-state index in [1.54, 1.807) is 13.8 Å². The minimum atomic E-state index is -0.722.